The highest BCUT2D eigenvalue weighted by Crippen LogP contribution is 2.21. The Morgan fingerprint density at radius 1 is 1.12 bits per heavy atom. The smallest absolute Gasteiger partial charge is 0.0109 e. The first-order valence-electron chi connectivity index (χ1n) is 6.01. The minimum atomic E-state index is 1.28. The summed E-state index contributed by atoms with van der Waals surface area (Å²) >= 11 is 0. The summed E-state index contributed by atoms with van der Waals surface area (Å²) in [5, 5.41) is 2.63. The lowest BCUT2D eigenvalue weighted by atomic mass is 10.0. The molecule has 17 heavy (non-hydrogen) atoms. The summed E-state index contributed by atoms with van der Waals surface area (Å²) < 4.78 is 0. The van der Waals surface area contributed by atoms with E-state index in [1.165, 1.54) is 27.5 Å². The molecule has 0 amide bonds. The Morgan fingerprint density at radius 3 is 2.71 bits per heavy atom. The van der Waals surface area contributed by atoms with Gasteiger partial charge in [0.05, 0.1) is 0 Å². The maximum absolute atomic E-state index is 2.25. The van der Waals surface area contributed by atoms with Crippen molar-refractivity contribution in [3.05, 3.63) is 65.3 Å². The molecule has 0 fully saturated rings. The summed E-state index contributed by atoms with van der Waals surface area (Å²) in [5.41, 5.74) is 3.88. The number of fused-ring (bicyclic) bond motifs is 1. The van der Waals surface area contributed by atoms with Crippen molar-refractivity contribution >= 4 is 16.8 Å². The molecule has 0 N–H and O–H groups in total. The second kappa shape index (κ2) is 5.01. The molecule has 0 aromatic heterocycles. The summed E-state index contributed by atoms with van der Waals surface area (Å²) in [6, 6.07) is 13.0. The molecule has 0 saturated heterocycles. The number of benzene rings is 2. The monoisotopic (exact) mass is 222 g/mol. The van der Waals surface area contributed by atoms with Crippen LogP contribution in [0.5, 0.6) is 0 Å². The summed E-state index contributed by atoms with van der Waals surface area (Å²) in [6.45, 7) is 6.32. The second-order valence-corrected chi connectivity index (χ2v) is 4.44. The summed E-state index contributed by atoms with van der Waals surface area (Å²) in [7, 11) is 0. The lowest BCUT2D eigenvalue weighted by Gasteiger charge is -2.03. The van der Waals surface area contributed by atoms with Gasteiger partial charge >= 0.3 is 0 Å². The minimum Gasteiger partial charge on any atom is -0.0847 e. The van der Waals surface area contributed by atoms with Crippen molar-refractivity contribution in [1.29, 1.82) is 0 Å². The molecule has 0 radical (unpaired) electrons. The van der Waals surface area contributed by atoms with Gasteiger partial charge in [-0.05, 0) is 37.1 Å². The molecule has 0 unspecified atom stereocenters. The van der Waals surface area contributed by atoms with E-state index in [0.717, 1.165) is 0 Å². The summed E-state index contributed by atoms with van der Waals surface area (Å²) in [5.74, 6) is 0. The fraction of sp³-hybridized carbons (Fsp3) is 0.176. The van der Waals surface area contributed by atoms with Gasteiger partial charge in [-0.1, -0.05) is 65.8 Å². The van der Waals surface area contributed by atoms with E-state index in [0.29, 0.717) is 0 Å². The van der Waals surface area contributed by atoms with Crippen molar-refractivity contribution in [1.82, 2.24) is 0 Å². The largest absolute Gasteiger partial charge is 0.0847 e. The topological polar surface area (TPSA) is 0 Å². The Labute approximate surface area is 103 Å². The highest BCUT2D eigenvalue weighted by atomic mass is 14.0. The van der Waals surface area contributed by atoms with E-state index in [1.54, 1.807) is 0 Å². The fourth-order valence-corrected chi connectivity index (χ4v) is 1.87. The maximum Gasteiger partial charge on any atom is -0.0109 e. The van der Waals surface area contributed by atoms with Gasteiger partial charge in [-0.3, -0.25) is 0 Å². The SMILES string of the molecule is C/C=C(C)/C=C\c1cccc2ccc(C)cc12. The molecule has 0 atom stereocenters. The highest BCUT2D eigenvalue weighted by Gasteiger charge is 1.97. The Hall–Kier alpha value is -1.82. The molecule has 0 saturated carbocycles. The number of hydrogen-bond donors (Lipinski definition) is 0. The molecule has 0 aliphatic rings. The van der Waals surface area contributed by atoms with E-state index in [2.05, 4.69) is 75.4 Å². The average Bonchev–Trinajstić information content (AvgIpc) is 2.35. The summed E-state index contributed by atoms with van der Waals surface area (Å²) in [6.07, 6.45) is 6.47. The van der Waals surface area contributed by atoms with Gasteiger partial charge in [0.15, 0.2) is 0 Å². The maximum atomic E-state index is 2.25. The third-order valence-corrected chi connectivity index (χ3v) is 3.05. The zero-order chi connectivity index (χ0) is 12.3. The first-order chi connectivity index (χ1) is 8.20. The molecule has 0 nitrogen and oxygen atoms in total. The van der Waals surface area contributed by atoms with Gasteiger partial charge in [-0.15, -0.1) is 0 Å². The zero-order valence-corrected chi connectivity index (χ0v) is 10.7. The van der Waals surface area contributed by atoms with Crippen molar-refractivity contribution in [3.8, 4) is 0 Å². The standard InChI is InChI=1S/C17H18/c1-4-13(2)8-10-15-6-5-7-16-11-9-14(3)12-17(15)16/h4-12H,1-3H3/b10-8-,13-4+. The van der Waals surface area contributed by atoms with Gasteiger partial charge in [-0.2, -0.15) is 0 Å². The fourth-order valence-electron chi connectivity index (χ4n) is 1.87. The van der Waals surface area contributed by atoms with E-state index >= 15 is 0 Å². The van der Waals surface area contributed by atoms with Crippen molar-refractivity contribution in [2.24, 2.45) is 0 Å². The molecule has 2 aromatic carbocycles. The van der Waals surface area contributed by atoms with Crippen molar-refractivity contribution in [2.45, 2.75) is 20.8 Å². The summed E-state index contributed by atoms with van der Waals surface area (Å²) in [4.78, 5) is 0. The molecule has 0 aliphatic carbocycles. The van der Waals surface area contributed by atoms with Crippen LogP contribution in [-0.4, -0.2) is 0 Å². The third-order valence-electron chi connectivity index (χ3n) is 3.05. The van der Waals surface area contributed by atoms with Crippen LogP contribution in [-0.2, 0) is 0 Å². The minimum absolute atomic E-state index is 1.28. The molecule has 0 aliphatic heterocycles. The molecule has 0 bridgehead atoms. The lowest BCUT2D eigenvalue weighted by molar-refractivity contribution is 1.48. The number of allylic oxidation sites excluding steroid dienone is 3. The Balaban J connectivity index is 2.54. The van der Waals surface area contributed by atoms with Gasteiger partial charge in [0.25, 0.3) is 0 Å². The van der Waals surface area contributed by atoms with E-state index < -0.39 is 0 Å². The Kier molecular flexibility index (Phi) is 3.43. The molecular weight excluding hydrogens is 204 g/mol. The van der Waals surface area contributed by atoms with Crippen LogP contribution in [0.2, 0.25) is 0 Å². The third kappa shape index (κ3) is 2.65. The lowest BCUT2D eigenvalue weighted by Crippen LogP contribution is -1.80. The van der Waals surface area contributed by atoms with Gasteiger partial charge in [0, 0.05) is 0 Å². The molecule has 0 spiro atoms. The first kappa shape index (κ1) is 11.7. The van der Waals surface area contributed by atoms with Gasteiger partial charge < -0.3 is 0 Å². The van der Waals surface area contributed by atoms with Crippen LogP contribution in [0.4, 0.5) is 0 Å². The molecule has 2 rings (SSSR count). The predicted octanol–water partition coefficient (Wildman–Crippen LogP) is 5.13. The number of aryl methyl sites for hydroxylation is 1. The van der Waals surface area contributed by atoms with Crippen LogP contribution in [0, 0.1) is 6.92 Å². The normalized spacial score (nSPS) is 12.5. The molecular formula is C17H18. The predicted molar refractivity (Wildman–Crippen MR) is 77.2 cm³/mol. The van der Waals surface area contributed by atoms with Crippen LogP contribution in [0.25, 0.3) is 16.8 Å². The van der Waals surface area contributed by atoms with Crippen LogP contribution in [0.15, 0.2) is 54.1 Å². The highest BCUT2D eigenvalue weighted by molar-refractivity contribution is 5.91. The number of hydrogen-bond acceptors (Lipinski definition) is 0. The average molecular weight is 222 g/mol. The van der Waals surface area contributed by atoms with Crippen LogP contribution in [0.3, 0.4) is 0 Å². The van der Waals surface area contributed by atoms with E-state index in [4.69, 9.17) is 0 Å². The Bertz CT molecular complexity index is 586. The molecule has 0 heteroatoms. The second-order valence-electron chi connectivity index (χ2n) is 4.44. The molecule has 2 aromatic rings. The van der Waals surface area contributed by atoms with Crippen molar-refractivity contribution in [3.63, 3.8) is 0 Å². The van der Waals surface area contributed by atoms with Gasteiger partial charge in [0.2, 0.25) is 0 Å². The quantitative estimate of drug-likeness (QED) is 0.618. The van der Waals surface area contributed by atoms with E-state index in [9.17, 15) is 0 Å². The zero-order valence-electron chi connectivity index (χ0n) is 10.7. The van der Waals surface area contributed by atoms with Crippen LogP contribution < -0.4 is 0 Å². The van der Waals surface area contributed by atoms with E-state index in [-0.39, 0.29) is 0 Å². The van der Waals surface area contributed by atoms with Gasteiger partial charge in [0.1, 0.15) is 0 Å². The van der Waals surface area contributed by atoms with Crippen LogP contribution >= 0.6 is 0 Å². The first-order valence-corrected chi connectivity index (χ1v) is 6.01. The Morgan fingerprint density at radius 2 is 1.94 bits per heavy atom. The van der Waals surface area contributed by atoms with Gasteiger partial charge in [-0.25, -0.2) is 0 Å². The van der Waals surface area contributed by atoms with Crippen LogP contribution in [0.1, 0.15) is 25.0 Å². The van der Waals surface area contributed by atoms with E-state index in [1.807, 2.05) is 0 Å². The molecule has 86 valence electrons. The number of rotatable bonds is 2. The van der Waals surface area contributed by atoms with Crippen molar-refractivity contribution in [2.75, 3.05) is 0 Å². The molecule has 0 heterocycles. The van der Waals surface area contributed by atoms with Crippen molar-refractivity contribution < 1.29 is 0 Å².